The molecule has 31 heavy (non-hydrogen) atoms. The average molecular weight is 453 g/mol. The molecule has 0 radical (unpaired) electrons. The molecule has 6 nitrogen and oxygen atoms in total. The maximum Gasteiger partial charge on any atom is 0.416 e. The minimum atomic E-state index is -4.59. The second kappa shape index (κ2) is 8.16. The van der Waals surface area contributed by atoms with Crippen molar-refractivity contribution in [3.8, 4) is 0 Å². The van der Waals surface area contributed by atoms with E-state index in [-0.39, 0.29) is 16.5 Å². The van der Waals surface area contributed by atoms with Crippen LogP contribution >= 0.6 is 0 Å². The van der Waals surface area contributed by atoms with Gasteiger partial charge in [-0.25, -0.2) is 8.42 Å². The number of hydrogen-bond donors (Lipinski definition) is 2. The van der Waals surface area contributed by atoms with Gasteiger partial charge in [-0.3, -0.25) is 4.79 Å². The van der Waals surface area contributed by atoms with Gasteiger partial charge in [-0.15, -0.1) is 0 Å². The summed E-state index contributed by atoms with van der Waals surface area (Å²) in [6, 6.07) is 8.89. The van der Waals surface area contributed by atoms with Crippen molar-refractivity contribution in [2.75, 3.05) is 18.4 Å². The highest BCUT2D eigenvalue weighted by Crippen LogP contribution is 2.37. The molecular weight excluding hydrogens is 431 g/mol. The third-order valence-electron chi connectivity index (χ3n) is 5.55. The summed E-state index contributed by atoms with van der Waals surface area (Å²) >= 11 is 0. The van der Waals surface area contributed by atoms with E-state index in [1.165, 1.54) is 0 Å². The van der Waals surface area contributed by atoms with Crippen LogP contribution in [-0.4, -0.2) is 32.3 Å². The van der Waals surface area contributed by atoms with Crippen LogP contribution in [0.3, 0.4) is 0 Å². The van der Waals surface area contributed by atoms with Crippen LogP contribution in [0.25, 0.3) is 0 Å². The van der Waals surface area contributed by atoms with E-state index in [0.29, 0.717) is 24.2 Å². The predicted octanol–water partition coefficient (Wildman–Crippen LogP) is 4.12. The highest BCUT2D eigenvalue weighted by molar-refractivity contribution is 7.89. The quantitative estimate of drug-likeness (QED) is 0.717. The standard InChI is InChI=1S/C21H22F3N3O3S/c22-21(23,24)16-9-10-18-17(13-16)25-19(26-31(18,29)30)14-5-7-15(8-6-14)20(28)27-11-3-1-2-4-12-27/h5-10,13,19,25-26H,1-4,11-12H2/t19-/m0/s1. The fourth-order valence-corrected chi connectivity index (χ4v) is 5.17. The molecule has 2 heterocycles. The lowest BCUT2D eigenvalue weighted by Gasteiger charge is -2.29. The third-order valence-corrected chi connectivity index (χ3v) is 7.03. The van der Waals surface area contributed by atoms with E-state index in [2.05, 4.69) is 10.0 Å². The monoisotopic (exact) mass is 453 g/mol. The van der Waals surface area contributed by atoms with Gasteiger partial charge in [0.2, 0.25) is 10.0 Å². The number of carbonyl (C=O) groups is 1. The van der Waals surface area contributed by atoms with Gasteiger partial charge in [0.25, 0.3) is 5.91 Å². The first-order valence-corrected chi connectivity index (χ1v) is 11.5. The molecule has 0 saturated carbocycles. The van der Waals surface area contributed by atoms with Crippen LogP contribution in [0.5, 0.6) is 0 Å². The number of rotatable bonds is 2. The number of hydrogen-bond acceptors (Lipinski definition) is 4. The van der Waals surface area contributed by atoms with Crippen molar-refractivity contribution in [3.05, 3.63) is 59.2 Å². The highest BCUT2D eigenvalue weighted by Gasteiger charge is 2.35. The molecule has 2 aliphatic heterocycles. The third kappa shape index (κ3) is 4.54. The van der Waals surface area contributed by atoms with Crippen LogP contribution in [0.1, 0.15) is 53.3 Å². The summed E-state index contributed by atoms with van der Waals surface area (Å²) in [6.45, 7) is 1.42. The first kappa shape index (κ1) is 21.6. The van der Waals surface area contributed by atoms with Crippen molar-refractivity contribution in [3.63, 3.8) is 0 Å². The molecule has 2 aromatic carbocycles. The number of carbonyl (C=O) groups excluding carboxylic acids is 1. The molecular formula is C21H22F3N3O3S. The van der Waals surface area contributed by atoms with Crippen LogP contribution in [-0.2, 0) is 16.2 Å². The maximum absolute atomic E-state index is 13.0. The van der Waals surface area contributed by atoms with Gasteiger partial charge in [0.05, 0.1) is 11.3 Å². The molecule has 1 atom stereocenters. The number of halogens is 3. The van der Waals surface area contributed by atoms with Gasteiger partial charge < -0.3 is 10.2 Å². The van der Waals surface area contributed by atoms with Crippen molar-refractivity contribution < 1.29 is 26.4 Å². The zero-order valence-corrected chi connectivity index (χ0v) is 17.4. The number of benzene rings is 2. The van der Waals surface area contributed by atoms with Crippen molar-refractivity contribution >= 4 is 21.6 Å². The Morgan fingerprint density at radius 3 is 2.23 bits per heavy atom. The van der Waals surface area contributed by atoms with E-state index in [9.17, 15) is 26.4 Å². The Morgan fingerprint density at radius 1 is 0.968 bits per heavy atom. The van der Waals surface area contributed by atoms with Crippen molar-refractivity contribution in [1.29, 1.82) is 0 Å². The summed E-state index contributed by atoms with van der Waals surface area (Å²) in [5, 5.41) is 2.82. The summed E-state index contributed by atoms with van der Waals surface area (Å²) in [5.41, 5.74) is -0.0839. The van der Waals surface area contributed by atoms with Gasteiger partial charge >= 0.3 is 6.18 Å². The SMILES string of the molecule is O=C(c1ccc([C@H]2Nc3cc(C(F)(F)F)ccc3S(=O)(=O)N2)cc1)N1CCCCCC1. The Hall–Kier alpha value is -2.59. The van der Waals surface area contributed by atoms with Crippen molar-refractivity contribution in [1.82, 2.24) is 9.62 Å². The summed E-state index contributed by atoms with van der Waals surface area (Å²) in [4.78, 5) is 14.3. The van der Waals surface area contributed by atoms with E-state index >= 15 is 0 Å². The molecule has 0 spiro atoms. The Kier molecular flexibility index (Phi) is 5.69. The Bertz CT molecular complexity index is 1080. The minimum Gasteiger partial charge on any atom is -0.364 e. The number of likely N-dealkylation sites (tertiary alicyclic amines) is 1. The topological polar surface area (TPSA) is 78.5 Å². The summed E-state index contributed by atoms with van der Waals surface area (Å²) < 4.78 is 66.6. The van der Waals surface area contributed by atoms with Gasteiger partial charge in [-0.05, 0) is 48.7 Å². The number of fused-ring (bicyclic) bond motifs is 1. The molecule has 2 aromatic rings. The van der Waals surface area contributed by atoms with Crippen LogP contribution in [0, 0.1) is 0 Å². The van der Waals surface area contributed by atoms with Gasteiger partial charge in [0.1, 0.15) is 11.1 Å². The Morgan fingerprint density at radius 2 is 1.61 bits per heavy atom. The van der Waals surface area contributed by atoms with Gasteiger partial charge in [0.15, 0.2) is 0 Å². The fourth-order valence-electron chi connectivity index (χ4n) is 3.88. The number of sulfonamides is 1. The molecule has 1 fully saturated rings. The number of anilines is 1. The first-order chi connectivity index (χ1) is 14.6. The number of nitrogens with zero attached hydrogens (tertiary/aromatic N) is 1. The van der Waals surface area contributed by atoms with Crippen molar-refractivity contribution in [2.24, 2.45) is 0 Å². The van der Waals surface area contributed by atoms with Gasteiger partial charge in [0, 0.05) is 18.7 Å². The molecule has 0 aliphatic carbocycles. The Balaban J connectivity index is 1.57. The summed E-state index contributed by atoms with van der Waals surface area (Å²) in [5.74, 6) is -0.0780. The molecule has 1 saturated heterocycles. The minimum absolute atomic E-state index is 0.0780. The Labute approximate surface area is 178 Å². The molecule has 1 amide bonds. The second-order valence-electron chi connectivity index (χ2n) is 7.74. The largest absolute Gasteiger partial charge is 0.416 e. The van der Waals surface area contributed by atoms with E-state index in [4.69, 9.17) is 0 Å². The second-order valence-corrected chi connectivity index (χ2v) is 9.42. The zero-order chi connectivity index (χ0) is 22.2. The fraction of sp³-hybridized carbons (Fsp3) is 0.381. The molecule has 2 N–H and O–H groups in total. The lowest BCUT2D eigenvalue weighted by Crippen LogP contribution is -2.38. The lowest BCUT2D eigenvalue weighted by molar-refractivity contribution is -0.137. The van der Waals surface area contributed by atoms with Crippen LogP contribution in [0.2, 0.25) is 0 Å². The maximum atomic E-state index is 13.0. The van der Waals surface area contributed by atoms with Crippen LogP contribution in [0.15, 0.2) is 47.4 Å². The van der Waals surface area contributed by atoms with E-state index < -0.39 is 27.9 Å². The molecule has 4 rings (SSSR count). The number of nitrogens with one attached hydrogen (secondary N) is 2. The zero-order valence-electron chi connectivity index (χ0n) is 16.6. The first-order valence-electron chi connectivity index (χ1n) is 10.0. The van der Waals surface area contributed by atoms with Gasteiger partial charge in [-0.1, -0.05) is 25.0 Å². The van der Waals surface area contributed by atoms with Gasteiger partial charge in [-0.2, -0.15) is 17.9 Å². The molecule has 0 aromatic heterocycles. The molecule has 2 aliphatic rings. The molecule has 0 bridgehead atoms. The van der Waals surface area contributed by atoms with Crippen molar-refractivity contribution in [2.45, 2.75) is 42.9 Å². The highest BCUT2D eigenvalue weighted by atomic mass is 32.2. The molecule has 0 unspecified atom stereocenters. The van der Waals surface area contributed by atoms with E-state index in [1.807, 2.05) is 4.90 Å². The smallest absolute Gasteiger partial charge is 0.364 e. The lowest BCUT2D eigenvalue weighted by atomic mass is 10.1. The molecule has 166 valence electrons. The van der Waals surface area contributed by atoms with E-state index in [1.54, 1.807) is 24.3 Å². The van der Waals surface area contributed by atoms with Crippen LogP contribution in [0.4, 0.5) is 18.9 Å². The summed E-state index contributed by atoms with van der Waals surface area (Å²) in [6.07, 6.45) is -1.39. The van der Waals surface area contributed by atoms with E-state index in [0.717, 1.165) is 43.9 Å². The average Bonchev–Trinajstić information content (AvgIpc) is 3.01. The normalized spacial score (nSPS) is 21.0. The number of alkyl halides is 3. The number of amides is 1. The predicted molar refractivity (Wildman–Crippen MR) is 109 cm³/mol. The van der Waals surface area contributed by atoms with Crippen LogP contribution < -0.4 is 10.0 Å². The molecule has 10 heteroatoms. The summed E-state index contributed by atoms with van der Waals surface area (Å²) in [7, 11) is -4.00.